The van der Waals surface area contributed by atoms with Crippen molar-refractivity contribution in [2.45, 2.75) is 73.9 Å². The van der Waals surface area contributed by atoms with E-state index in [0.29, 0.717) is 67.2 Å². The number of aromatic nitrogens is 4. The molecule has 0 radical (unpaired) electrons. The summed E-state index contributed by atoms with van der Waals surface area (Å²) in [4.78, 5) is 29.7. The number of carboxylic acid groups (broad SMARTS) is 1. The molecule has 55 heavy (non-hydrogen) atoms. The Balaban J connectivity index is 1.41. The van der Waals surface area contributed by atoms with E-state index in [1.54, 1.807) is 26.5 Å². The summed E-state index contributed by atoms with van der Waals surface area (Å²) in [7, 11) is 5.13. The van der Waals surface area contributed by atoms with Crippen molar-refractivity contribution in [2.24, 2.45) is 7.05 Å². The maximum Gasteiger partial charge on any atom is 0.337 e. The third-order valence-electron chi connectivity index (χ3n) is 11.5. The van der Waals surface area contributed by atoms with Gasteiger partial charge < -0.3 is 33.4 Å². The number of nitrogens with zero attached hydrogens (tertiary/aromatic N) is 5. The van der Waals surface area contributed by atoms with Crippen LogP contribution in [0.2, 0.25) is 0 Å². The molecule has 4 heterocycles. The Labute approximate surface area is 322 Å². The van der Waals surface area contributed by atoms with Gasteiger partial charge in [0.1, 0.15) is 17.2 Å². The van der Waals surface area contributed by atoms with Crippen LogP contribution >= 0.6 is 0 Å². The van der Waals surface area contributed by atoms with Gasteiger partial charge in [-0.2, -0.15) is 5.10 Å². The number of ether oxygens (including phenoxy) is 3. The van der Waals surface area contributed by atoms with Crippen LogP contribution in [-0.2, 0) is 24.8 Å². The largest absolute Gasteiger partial charge is 0.497 e. The molecule has 0 aliphatic carbocycles. The Bertz CT molecular complexity index is 2480. The number of aryl methyl sites for hydroxylation is 6. The third kappa shape index (κ3) is 6.34. The van der Waals surface area contributed by atoms with Gasteiger partial charge >= 0.3 is 5.97 Å². The molecule has 1 atom stereocenters. The average molecular weight is 746 g/mol. The summed E-state index contributed by atoms with van der Waals surface area (Å²) >= 11 is 0. The van der Waals surface area contributed by atoms with Crippen molar-refractivity contribution in [3.05, 3.63) is 93.1 Å². The number of benzene rings is 3. The number of aromatic carboxylic acids is 1. The minimum absolute atomic E-state index is 0.139. The second kappa shape index (κ2) is 14.6. The second-order valence-electron chi connectivity index (χ2n) is 15.0. The molecule has 7 rings (SSSR count). The van der Waals surface area contributed by atoms with Crippen LogP contribution in [0.15, 0.2) is 42.6 Å². The van der Waals surface area contributed by atoms with Crippen molar-refractivity contribution in [3.8, 4) is 22.6 Å². The summed E-state index contributed by atoms with van der Waals surface area (Å²) in [6, 6.07) is 11.9. The van der Waals surface area contributed by atoms with E-state index < -0.39 is 5.97 Å². The highest BCUT2D eigenvalue weighted by atomic mass is 16.5. The lowest BCUT2D eigenvalue weighted by molar-refractivity contribution is 0.0698. The normalized spacial score (nSPS) is 14.3. The summed E-state index contributed by atoms with van der Waals surface area (Å²) in [6.45, 7) is 16.4. The molecular weight excluding hydrogens is 695 g/mol. The van der Waals surface area contributed by atoms with Gasteiger partial charge in [0.05, 0.1) is 48.3 Å². The van der Waals surface area contributed by atoms with E-state index in [4.69, 9.17) is 19.3 Å². The predicted octanol–water partition coefficient (Wildman–Crippen LogP) is 8.43. The van der Waals surface area contributed by atoms with Gasteiger partial charge in [-0.15, -0.1) is 0 Å². The SMILES string of the molecule is COCCn1cc(C(=O)O)c2cc(OC)cc(N3C[C@@H](C)n4c(c(CCCOc5cc(C)c(C)c(C)c5)c5ccc(C)c(-c6c(C)nn(C)c6C)c54)C3=O)c21. The van der Waals surface area contributed by atoms with E-state index in [1.807, 2.05) is 34.2 Å². The molecule has 11 heteroatoms. The minimum Gasteiger partial charge on any atom is -0.497 e. The highest BCUT2D eigenvalue weighted by molar-refractivity contribution is 6.17. The highest BCUT2D eigenvalue weighted by Gasteiger charge is 2.38. The summed E-state index contributed by atoms with van der Waals surface area (Å²) in [5, 5.41) is 16.6. The molecule has 0 unspecified atom stereocenters. The van der Waals surface area contributed by atoms with Crippen LogP contribution in [0.1, 0.15) is 79.4 Å². The molecule has 0 saturated carbocycles. The number of hydrogen-bond donors (Lipinski definition) is 1. The number of carbonyl (C=O) groups excluding carboxylic acids is 1. The van der Waals surface area contributed by atoms with E-state index >= 15 is 4.79 Å². The fourth-order valence-corrected chi connectivity index (χ4v) is 8.48. The van der Waals surface area contributed by atoms with E-state index in [-0.39, 0.29) is 17.5 Å². The van der Waals surface area contributed by atoms with Crippen LogP contribution in [0.5, 0.6) is 11.5 Å². The van der Waals surface area contributed by atoms with Gasteiger partial charge in [-0.3, -0.25) is 9.48 Å². The Kier molecular flexibility index (Phi) is 10.0. The van der Waals surface area contributed by atoms with Crippen LogP contribution in [0.25, 0.3) is 32.9 Å². The maximum atomic E-state index is 15.4. The van der Waals surface area contributed by atoms with Gasteiger partial charge in [-0.25, -0.2) is 4.79 Å². The summed E-state index contributed by atoms with van der Waals surface area (Å²) < 4.78 is 23.5. The lowest BCUT2D eigenvalue weighted by atomic mass is 9.94. The fourth-order valence-electron chi connectivity index (χ4n) is 8.48. The minimum atomic E-state index is -1.05. The Hall–Kier alpha value is -5.55. The van der Waals surface area contributed by atoms with Gasteiger partial charge in [0, 0.05) is 73.1 Å². The molecule has 1 aliphatic heterocycles. The van der Waals surface area contributed by atoms with Crippen molar-refractivity contribution in [2.75, 3.05) is 38.9 Å². The quantitative estimate of drug-likeness (QED) is 0.125. The van der Waals surface area contributed by atoms with Crippen molar-refractivity contribution >= 4 is 39.4 Å². The predicted molar refractivity (Wildman–Crippen MR) is 217 cm³/mol. The van der Waals surface area contributed by atoms with Crippen LogP contribution in [-0.4, -0.2) is 69.9 Å². The molecule has 288 valence electrons. The summed E-state index contributed by atoms with van der Waals surface area (Å²) in [5.74, 6) is 0.118. The first-order valence-corrected chi connectivity index (χ1v) is 18.9. The average Bonchev–Trinajstić information content (AvgIpc) is 3.77. The Morgan fingerprint density at radius 2 is 1.64 bits per heavy atom. The zero-order valence-corrected chi connectivity index (χ0v) is 33.6. The zero-order chi connectivity index (χ0) is 39.5. The molecule has 6 aromatic rings. The number of rotatable bonds is 12. The van der Waals surface area contributed by atoms with Crippen LogP contribution in [0.3, 0.4) is 0 Å². The number of carbonyl (C=O) groups is 2. The monoisotopic (exact) mass is 745 g/mol. The second-order valence-corrected chi connectivity index (χ2v) is 15.0. The summed E-state index contributed by atoms with van der Waals surface area (Å²) in [6.07, 6.45) is 2.93. The summed E-state index contributed by atoms with van der Waals surface area (Å²) in [5.41, 5.74) is 13.0. The van der Waals surface area contributed by atoms with E-state index in [2.05, 4.69) is 70.4 Å². The van der Waals surface area contributed by atoms with Crippen molar-refractivity contribution in [1.82, 2.24) is 18.9 Å². The Morgan fingerprint density at radius 3 is 2.27 bits per heavy atom. The number of methoxy groups -OCH3 is 2. The van der Waals surface area contributed by atoms with Gasteiger partial charge in [0.2, 0.25) is 0 Å². The highest BCUT2D eigenvalue weighted by Crippen LogP contribution is 2.45. The molecule has 0 spiro atoms. The van der Waals surface area contributed by atoms with Gasteiger partial charge in [0.15, 0.2) is 0 Å². The van der Waals surface area contributed by atoms with Gasteiger partial charge in [-0.1, -0.05) is 12.1 Å². The molecule has 1 aliphatic rings. The van der Waals surface area contributed by atoms with Gasteiger partial charge in [0.25, 0.3) is 5.91 Å². The van der Waals surface area contributed by atoms with Crippen molar-refractivity contribution < 1.29 is 28.9 Å². The fraction of sp³-hybridized carbons (Fsp3) is 0.386. The van der Waals surface area contributed by atoms with Gasteiger partial charge in [-0.05, 0) is 107 Å². The maximum absolute atomic E-state index is 15.4. The first-order valence-electron chi connectivity index (χ1n) is 18.9. The molecule has 3 aromatic carbocycles. The van der Waals surface area contributed by atoms with E-state index in [9.17, 15) is 9.90 Å². The number of hydrogen-bond acceptors (Lipinski definition) is 6. The zero-order valence-electron chi connectivity index (χ0n) is 33.6. The first-order chi connectivity index (χ1) is 26.3. The molecule has 0 saturated heterocycles. The molecule has 3 aromatic heterocycles. The van der Waals surface area contributed by atoms with Crippen LogP contribution in [0.4, 0.5) is 5.69 Å². The van der Waals surface area contributed by atoms with Crippen LogP contribution < -0.4 is 14.4 Å². The molecule has 11 nitrogen and oxygen atoms in total. The number of anilines is 1. The molecule has 0 bridgehead atoms. The smallest absolute Gasteiger partial charge is 0.337 e. The topological polar surface area (TPSA) is 113 Å². The van der Waals surface area contributed by atoms with Crippen molar-refractivity contribution in [3.63, 3.8) is 0 Å². The lowest BCUT2D eigenvalue weighted by Crippen LogP contribution is -2.43. The number of fused-ring (bicyclic) bond motifs is 4. The number of amides is 1. The molecule has 1 N–H and O–H groups in total. The molecular formula is C44H51N5O6. The third-order valence-corrected chi connectivity index (χ3v) is 11.5. The number of carboxylic acids is 1. The Morgan fingerprint density at radius 1 is 0.909 bits per heavy atom. The molecule has 1 amide bonds. The molecule has 0 fully saturated rings. The van der Waals surface area contributed by atoms with Crippen molar-refractivity contribution in [1.29, 1.82) is 0 Å². The van der Waals surface area contributed by atoms with Crippen LogP contribution in [0, 0.1) is 41.5 Å². The van der Waals surface area contributed by atoms with E-state index in [1.165, 1.54) is 16.7 Å². The lowest BCUT2D eigenvalue weighted by Gasteiger charge is -2.35. The standard InChI is InChI=1S/C44H51N5O6/c1-24-13-14-34-33(12-11-16-55-32-18-25(2)28(5)26(3)19-32)42-43(50)48(22-27(4)49(42)41(34)38(24)39-29(6)45-46(8)30(39)7)37-21-31(54-10)20-35-36(44(51)52)23-47(40(35)37)15-17-53-9/h13-14,18-21,23,27H,11-12,15-17,22H2,1-10H3,(H,51,52)/t27-/m1/s1. The van der Waals surface area contributed by atoms with E-state index in [0.717, 1.165) is 50.3 Å². The first kappa shape index (κ1) is 37.8.